The lowest BCUT2D eigenvalue weighted by atomic mass is 10.1. The van der Waals surface area contributed by atoms with Crippen molar-refractivity contribution < 1.29 is 17.6 Å². The Hall–Kier alpha value is -3.34. The smallest absolute Gasteiger partial charge is 0.416 e. The number of rotatable bonds is 3. The largest absolute Gasteiger partial charge is 0.437 e. The van der Waals surface area contributed by atoms with Gasteiger partial charge in [-0.05, 0) is 41.0 Å². The van der Waals surface area contributed by atoms with Crippen LogP contribution in [0.2, 0.25) is 0 Å². The molecule has 2 nitrogen and oxygen atoms in total. The lowest BCUT2D eigenvalue weighted by Crippen LogP contribution is -2.06. The number of aromatic nitrogens is 1. The van der Waals surface area contributed by atoms with Crippen molar-refractivity contribution in [1.29, 1.82) is 0 Å². The van der Waals surface area contributed by atoms with Crippen molar-refractivity contribution in [2.24, 2.45) is 0 Å². The Bertz CT molecular complexity index is 1110. The molecule has 1 heterocycles. The molecule has 0 spiro atoms. The van der Waals surface area contributed by atoms with Gasteiger partial charge in [-0.25, -0.2) is 4.98 Å². The van der Waals surface area contributed by atoms with E-state index in [-0.39, 0.29) is 11.5 Å². The molecule has 0 aliphatic rings. The first-order valence-corrected chi connectivity index (χ1v) is 8.31. The molecule has 0 unspecified atom stereocenters. The third-order valence-electron chi connectivity index (χ3n) is 4.18. The number of halogens is 3. The molecule has 0 amide bonds. The SMILES string of the molecule is FC(F)(F)c1ccccc1/C=C/c1nc2cc(-c3ccccc3)ccc2o1. The first kappa shape index (κ1) is 17.1. The van der Waals surface area contributed by atoms with Crippen LogP contribution in [0.4, 0.5) is 13.2 Å². The maximum Gasteiger partial charge on any atom is 0.416 e. The average Bonchev–Trinajstić information content (AvgIpc) is 3.08. The Balaban J connectivity index is 1.67. The van der Waals surface area contributed by atoms with Gasteiger partial charge in [0.05, 0.1) is 5.56 Å². The van der Waals surface area contributed by atoms with E-state index in [4.69, 9.17) is 4.42 Å². The van der Waals surface area contributed by atoms with Crippen molar-refractivity contribution in [1.82, 2.24) is 4.98 Å². The minimum absolute atomic E-state index is 0.0669. The number of hydrogen-bond donors (Lipinski definition) is 0. The third-order valence-corrected chi connectivity index (χ3v) is 4.18. The average molecular weight is 365 g/mol. The lowest BCUT2D eigenvalue weighted by Gasteiger charge is -2.09. The van der Waals surface area contributed by atoms with E-state index in [9.17, 15) is 13.2 Å². The standard InChI is InChI=1S/C22H14F3NO/c23-22(24,25)18-9-5-4-8-16(18)11-13-21-26-19-14-17(10-12-20(19)27-21)15-6-2-1-3-7-15/h1-14H/b13-11+. The Morgan fingerprint density at radius 3 is 2.30 bits per heavy atom. The van der Waals surface area contributed by atoms with Crippen molar-refractivity contribution in [3.8, 4) is 11.1 Å². The third kappa shape index (κ3) is 3.62. The zero-order valence-electron chi connectivity index (χ0n) is 14.1. The summed E-state index contributed by atoms with van der Waals surface area (Å²) in [4.78, 5) is 4.37. The predicted molar refractivity (Wildman–Crippen MR) is 99.8 cm³/mol. The van der Waals surface area contributed by atoms with Crippen molar-refractivity contribution >= 4 is 23.3 Å². The highest BCUT2D eigenvalue weighted by atomic mass is 19.4. The van der Waals surface area contributed by atoms with Gasteiger partial charge >= 0.3 is 6.18 Å². The summed E-state index contributed by atoms with van der Waals surface area (Å²) in [6.07, 6.45) is -1.59. The van der Waals surface area contributed by atoms with E-state index in [1.54, 1.807) is 6.07 Å². The highest BCUT2D eigenvalue weighted by Gasteiger charge is 2.32. The van der Waals surface area contributed by atoms with E-state index in [1.165, 1.54) is 24.3 Å². The zero-order valence-corrected chi connectivity index (χ0v) is 14.1. The van der Waals surface area contributed by atoms with Crippen molar-refractivity contribution in [3.63, 3.8) is 0 Å². The molecule has 0 aliphatic heterocycles. The summed E-state index contributed by atoms with van der Waals surface area (Å²) in [5, 5.41) is 0. The Morgan fingerprint density at radius 1 is 0.778 bits per heavy atom. The van der Waals surface area contributed by atoms with Gasteiger partial charge in [0.25, 0.3) is 0 Å². The molecule has 0 fully saturated rings. The number of fused-ring (bicyclic) bond motifs is 1. The molecular formula is C22H14F3NO. The van der Waals surface area contributed by atoms with E-state index < -0.39 is 11.7 Å². The maximum atomic E-state index is 13.1. The molecule has 134 valence electrons. The van der Waals surface area contributed by atoms with Crippen LogP contribution in [0.5, 0.6) is 0 Å². The number of hydrogen-bond acceptors (Lipinski definition) is 2. The highest BCUT2D eigenvalue weighted by molar-refractivity contribution is 5.82. The molecule has 4 aromatic rings. The van der Waals surface area contributed by atoms with Gasteiger partial charge in [-0.2, -0.15) is 13.2 Å². The number of benzene rings is 3. The van der Waals surface area contributed by atoms with Gasteiger partial charge in [0.2, 0.25) is 5.89 Å². The molecule has 0 radical (unpaired) electrons. The first-order chi connectivity index (χ1) is 13.0. The van der Waals surface area contributed by atoms with Crippen LogP contribution in [-0.2, 0) is 6.18 Å². The molecule has 0 atom stereocenters. The Morgan fingerprint density at radius 2 is 1.52 bits per heavy atom. The molecule has 27 heavy (non-hydrogen) atoms. The molecule has 0 saturated carbocycles. The molecule has 4 rings (SSSR count). The summed E-state index contributed by atoms with van der Waals surface area (Å²) in [7, 11) is 0. The number of oxazole rings is 1. The molecule has 3 aromatic carbocycles. The van der Waals surface area contributed by atoms with E-state index in [0.717, 1.165) is 17.2 Å². The molecule has 0 N–H and O–H groups in total. The van der Waals surface area contributed by atoms with Gasteiger partial charge in [-0.15, -0.1) is 0 Å². The molecule has 5 heteroatoms. The summed E-state index contributed by atoms with van der Waals surface area (Å²) < 4.78 is 44.8. The van der Waals surface area contributed by atoms with Crippen LogP contribution in [0.3, 0.4) is 0 Å². The quantitative estimate of drug-likeness (QED) is 0.404. The summed E-state index contributed by atoms with van der Waals surface area (Å²) in [6, 6.07) is 20.9. The maximum absolute atomic E-state index is 13.1. The van der Waals surface area contributed by atoms with Crippen molar-refractivity contribution in [2.75, 3.05) is 0 Å². The van der Waals surface area contributed by atoms with E-state index in [1.807, 2.05) is 48.5 Å². The minimum atomic E-state index is -4.41. The van der Waals surface area contributed by atoms with Crippen LogP contribution in [0.1, 0.15) is 17.0 Å². The van der Waals surface area contributed by atoms with E-state index >= 15 is 0 Å². The fourth-order valence-corrected chi connectivity index (χ4v) is 2.89. The highest BCUT2D eigenvalue weighted by Crippen LogP contribution is 2.33. The zero-order chi connectivity index (χ0) is 18.9. The molecule has 0 saturated heterocycles. The van der Waals surface area contributed by atoms with E-state index in [2.05, 4.69) is 4.98 Å². The van der Waals surface area contributed by atoms with Gasteiger partial charge in [-0.1, -0.05) is 54.6 Å². The number of alkyl halides is 3. The fraction of sp³-hybridized carbons (Fsp3) is 0.0455. The summed E-state index contributed by atoms with van der Waals surface area (Å²) in [6.45, 7) is 0. The van der Waals surface area contributed by atoms with Crippen LogP contribution < -0.4 is 0 Å². The Labute approximate surface area is 153 Å². The van der Waals surface area contributed by atoms with Gasteiger partial charge in [0.15, 0.2) is 5.58 Å². The van der Waals surface area contributed by atoms with Gasteiger partial charge in [0.1, 0.15) is 5.52 Å². The van der Waals surface area contributed by atoms with Crippen LogP contribution >= 0.6 is 0 Å². The van der Waals surface area contributed by atoms with Gasteiger partial charge in [0, 0.05) is 6.08 Å². The molecule has 0 aliphatic carbocycles. The fourth-order valence-electron chi connectivity index (χ4n) is 2.89. The van der Waals surface area contributed by atoms with Gasteiger partial charge < -0.3 is 4.42 Å². The van der Waals surface area contributed by atoms with Crippen LogP contribution in [0, 0.1) is 0 Å². The second-order valence-corrected chi connectivity index (χ2v) is 6.02. The van der Waals surface area contributed by atoms with Crippen molar-refractivity contribution in [2.45, 2.75) is 6.18 Å². The normalized spacial score (nSPS) is 12.1. The monoisotopic (exact) mass is 365 g/mol. The van der Waals surface area contributed by atoms with Crippen LogP contribution in [-0.4, -0.2) is 4.98 Å². The van der Waals surface area contributed by atoms with Crippen molar-refractivity contribution in [3.05, 3.63) is 89.8 Å². The predicted octanol–water partition coefficient (Wildman–Crippen LogP) is 6.68. The van der Waals surface area contributed by atoms with E-state index in [0.29, 0.717) is 11.1 Å². The Kier molecular flexibility index (Phi) is 4.28. The second kappa shape index (κ2) is 6.76. The number of nitrogens with zero attached hydrogens (tertiary/aromatic N) is 1. The van der Waals surface area contributed by atoms with Crippen LogP contribution in [0.15, 0.2) is 77.2 Å². The summed E-state index contributed by atoms with van der Waals surface area (Å²) in [5.41, 5.74) is 2.66. The second-order valence-electron chi connectivity index (χ2n) is 6.02. The summed E-state index contributed by atoms with van der Waals surface area (Å²) >= 11 is 0. The first-order valence-electron chi connectivity index (χ1n) is 8.31. The lowest BCUT2D eigenvalue weighted by molar-refractivity contribution is -0.137. The molecule has 0 bridgehead atoms. The van der Waals surface area contributed by atoms with Crippen LogP contribution in [0.25, 0.3) is 34.4 Å². The molecule has 1 aromatic heterocycles. The topological polar surface area (TPSA) is 26.0 Å². The molecular weight excluding hydrogens is 351 g/mol. The summed E-state index contributed by atoms with van der Waals surface area (Å²) in [5.74, 6) is 0.257. The van der Waals surface area contributed by atoms with Gasteiger partial charge in [-0.3, -0.25) is 0 Å². The minimum Gasteiger partial charge on any atom is -0.437 e.